The maximum absolute atomic E-state index is 11.3. The van der Waals surface area contributed by atoms with Crippen molar-refractivity contribution in [3.8, 4) is 0 Å². The molecule has 0 unspecified atom stereocenters. The molecule has 0 radical (unpaired) electrons. The summed E-state index contributed by atoms with van der Waals surface area (Å²) < 4.78 is 4.88. The van der Waals surface area contributed by atoms with Gasteiger partial charge in [-0.15, -0.1) is 0 Å². The Bertz CT molecular complexity index is 408. The van der Waals surface area contributed by atoms with Gasteiger partial charge in [0.25, 0.3) is 0 Å². The number of ether oxygens (including phenoxy) is 1. The third-order valence-electron chi connectivity index (χ3n) is 2.60. The molecule has 0 N–H and O–H groups in total. The minimum Gasteiger partial charge on any atom is -0.466 e. The number of carbonyl (C=O) groups is 2. The first-order chi connectivity index (χ1) is 7.60. The van der Waals surface area contributed by atoms with Crippen molar-refractivity contribution in [1.29, 1.82) is 0 Å². The van der Waals surface area contributed by atoms with Gasteiger partial charge in [-0.2, -0.15) is 0 Å². The molecule has 0 aliphatic carbocycles. The van der Waals surface area contributed by atoms with Crippen molar-refractivity contribution in [1.82, 2.24) is 0 Å². The molecule has 0 fully saturated rings. The van der Waals surface area contributed by atoms with E-state index in [0.29, 0.717) is 12.2 Å². The first-order valence-electron chi connectivity index (χ1n) is 5.30. The molecule has 86 valence electrons. The Balaban J connectivity index is 2.98. The zero-order valence-corrected chi connectivity index (χ0v) is 9.87. The minimum absolute atomic E-state index is 0.223. The lowest BCUT2D eigenvalue weighted by Gasteiger charge is -2.09. The number of benzene rings is 1. The lowest BCUT2D eigenvalue weighted by molar-refractivity contribution is -0.142. The molecule has 16 heavy (non-hydrogen) atoms. The molecule has 0 atom stereocenters. The fraction of sp³-hybridized carbons (Fsp3) is 0.385. The van der Waals surface area contributed by atoms with E-state index in [9.17, 15) is 9.59 Å². The van der Waals surface area contributed by atoms with Gasteiger partial charge in [-0.05, 0) is 37.5 Å². The third-order valence-corrected chi connectivity index (χ3v) is 2.60. The molecule has 0 heterocycles. The minimum atomic E-state index is -0.258. The molecular weight excluding hydrogens is 204 g/mol. The average molecular weight is 220 g/mol. The van der Waals surface area contributed by atoms with Gasteiger partial charge in [0.2, 0.25) is 0 Å². The van der Waals surface area contributed by atoms with Crippen molar-refractivity contribution in [3.05, 3.63) is 34.4 Å². The number of carbonyl (C=O) groups excluding carboxylic acids is 2. The first kappa shape index (κ1) is 12.4. The normalized spacial score (nSPS) is 9.94. The van der Waals surface area contributed by atoms with Crippen LogP contribution in [0.1, 0.15) is 34.0 Å². The maximum atomic E-state index is 11.3. The Morgan fingerprint density at radius 2 is 2.06 bits per heavy atom. The topological polar surface area (TPSA) is 43.4 Å². The van der Waals surface area contributed by atoms with E-state index in [1.165, 1.54) is 0 Å². The molecule has 0 saturated carbocycles. The summed E-state index contributed by atoms with van der Waals surface area (Å²) in [7, 11) is 0. The Morgan fingerprint density at radius 3 is 2.62 bits per heavy atom. The van der Waals surface area contributed by atoms with Gasteiger partial charge in [0.1, 0.15) is 0 Å². The molecule has 0 aliphatic rings. The van der Waals surface area contributed by atoms with Gasteiger partial charge in [-0.3, -0.25) is 9.59 Å². The maximum Gasteiger partial charge on any atom is 0.310 e. The highest BCUT2D eigenvalue weighted by Crippen LogP contribution is 2.17. The van der Waals surface area contributed by atoms with E-state index in [0.717, 1.165) is 23.0 Å². The van der Waals surface area contributed by atoms with Gasteiger partial charge < -0.3 is 4.74 Å². The number of esters is 1. The SMILES string of the molecule is CCOC(=O)Cc1ccc(C)c(C=O)c1C. The van der Waals surface area contributed by atoms with Crippen molar-refractivity contribution in [2.75, 3.05) is 6.61 Å². The van der Waals surface area contributed by atoms with Crippen LogP contribution in [-0.2, 0) is 16.0 Å². The molecule has 3 heteroatoms. The number of hydrogen-bond donors (Lipinski definition) is 0. The Kier molecular flexibility index (Phi) is 4.23. The summed E-state index contributed by atoms with van der Waals surface area (Å²) in [5, 5.41) is 0. The number of hydrogen-bond acceptors (Lipinski definition) is 3. The molecule has 1 aromatic rings. The highest BCUT2D eigenvalue weighted by Gasteiger charge is 2.10. The van der Waals surface area contributed by atoms with Crippen LogP contribution < -0.4 is 0 Å². The largest absolute Gasteiger partial charge is 0.466 e. The lowest BCUT2D eigenvalue weighted by Crippen LogP contribution is -2.09. The summed E-state index contributed by atoms with van der Waals surface area (Å²) in [6.07, 6.45) is 1.06. The van der Waals surface area contributed by atoms with E-state index >= 15 is 0 Å². The van der Waals surface area contributed by atoms with Gasteiger partial charge >= 0.3 is 5.97 Å². The van der Waals surface area contributed by atoms with Gasteiger partial charge in [-0.1, -0.05) is 12.1 Å². The van der Waals surface area contributed by atoms with Crippen molar-refractivity contribution in [3.63, 3.8) is 0 Å². The third kappa shape index (κ3) is 2.69. The molecule has 1 rings (SSSR count). The zero-order chi connectivity index (χ0) is 12.1. The van der Waals surface area contributed by atoms with E-state index in [2.05, 4.69) is 0 Å². The highest BCUT2D eigenvalue weighted by atomic mass is 16.5. The van der Waals surface area contributed by atoms with E-state index in [4.69, 9.17) is 4.74 Å². The Morgan fingerprint density at radius 1 is 1.38 bits per heavy atom. The van der Waals surface area contributed by atoms with E-state index < -0.39 is 0 Å². The standard InChI is InChI=1S/C13H16O3/c1-4-16-13(15)7-11-6-5-9(2)12(8-14)10(11)3/h5-6,8H,4,7H2,1-3H3. The van der Waals surface area contributed by atoms with Gasteiger partial charge in [0, 0.05) is 5.56 Å². The molecule has 3 nitrogen and oxygen atoms in total. The van der Waals surface area contributed by atoms with Gasteiger partial charge in [0.05, 0.1) is 13.0 Å². The summed E-state index contributed by atoms with van der Waals surface area (Å²) in [6, 6.07) is 3.72. The quantitative estimate of drug-likeness (QED) is 0.577. The molecule has 1 aromatic carbocycles. The van der Waals surface area contributed by atoms with Crippen LogP contribution in [0.4, 0.5) is 0 Å². The predicted octanol–water partition coefficient (Wildman–Crippen LogP) is 2.22. The van der Waals surface area contributed by atoms with Crippen LogP contribution in [0.2, 0.25) is 0 Å². The average Bonchev–Trinajstić information content (AvgIpc) is 2.23. The molecule has 0 saturated heterocycles. The van der Waals surface area contributed by atoms with Crippen molar-refractivity contribution in [2.24, 2.45) is 0 Å². The second-order valence-electron chi connectivity index (χ2n) is 3.68. The van der Waals surface area contributed by atoms with Crippen LogP contribution in [0.25, 0.3) is 0 Å². The van der Waals surface area contributed by atoms with Crippen LogP contribution in [0.3, 0.4) is 0 Å². The fourth-order valence-corrected chi connectivity index (χ4v) is 1.65. The predicted molar refractivity (Wildman–Crippen MR) is 61.6 cm³/mol. The first-order valence-corrected chi connectivity index (χ1v) is 5.30. The van der Waals surface area contributed by atoms with Crippen molar-refractivity contribution < 1.29 is 14.3 Å². The molecule has 0 aromatic heterocycles. The van der Waals surface area contributed by atoms with Crippen molar-refractivity contribution in [2.45, 2.75) is 27.2 Å². The molecule has 0 amide bonds. The number of aldehydes is 1. The summed E-state index contributed by atoms with van der Waals surface area (Å²) in [6.45, 7) is 5.89. The van der Waals surface area contributed by atoms with Crippen LogP contribution in [0, 0.1) is 13.8 Å². The molecule has 0 bridgehead atoms. The molecule has 0 spiro atoms. The zero-order valence-electron chi connectivity index (χ0n) is 9.87. The Hall–Kier alpha value is -1.64. The Labute approximate surface area is 95.4 Å². The molecular formula is C13H16O3. The summed E-state index contributed by atoms with van der Waals surface area (Å²) in [4.78, 5) is 22.2. The van der Waals surface area contributed by atoms with Crippen LogP contribution in [0.15, 0.2) is 12.1 Å². The highest BCUT2D eigenvalue weighted by molar-refractivity contribution is 5.81. The van der Waals surface area contributed by atoms with Crippen LogP contribution in [-0.4, -0.2) is 18.9 Å². The summed E-state index contributed by atoms with van der Waals surface area (Å²) in [5.74, 6) is -0.258. The fourth-order valence-electron chi connectivity index (χ4n) is 1.65. The van der Waals surface area contributed by atoms with Crippen molar-refractivity contribution >= 4 is 12.3 Å². The van der Waals surface area contributed by atoms with Crippen LogP contribution in [0.5, 0.6) is 0 Å². The lowest BCUT2D eigenvalue weighted by atomic mass is 9.97. The second-order valence-corrected chi connectivity index (χ2v) is 3.68. The van der Waals surface area contributed by atoms with Gasteiger partial charge in [-0.25, -0.2) is 0 Å². The molecule has 0 aliphatic heterocycles. The number of rotatable bonds is 4. The van der Waals surface area contributed by atoms with E-state index in [-0.39, 0.29) is 12.4 Å². The monoisotopic (exact) mass is 220 g/mol. The van der Waals surface area contributed by atoms with Gasteiger partial charge in [0.15, 0.2) is 6.29 Å². The van der Waals surface area contributed by atoms with E-state index in [1.54, 1.807) is 6.92 Å². The summed E-state index contributed by atoms with van der Waals surface area (Å²) in [5.41, 5.74) is 3.32. The van der Waals surface area contributed by atoms with E-state index in [1.807, 2.05) is 26.0 Å². The second kappa shape index (κ2) is 5.45. The van der Waals surface area contributed by atoms with Crippen LogP contribution >= 0.6 is 0 Å². The summed E-state index contributed by atoms with van der Waals surface area (Å²) >= 11 is 0. The number of aryl methyl sites for hydroxylation is 1. The smallest absolute Gasteiger partial charge is 0.310 e.